The smallest absolute Gasteiger partial charge is 0.110 e. The molecule has 0 aliphatic heterocycles. The van der Waals surface area contributed by atoms with E-state index < -0.39 is 0 Å². The molecule has 1 aliphatic rings. The van der Waals surface area contributed by atoms with Crippen LogP contribution in [0.4, 0.5) is 0 Å². The van der Waals surface area contributed by atoms with Crippen molar-refractivity contribution in [2.24, 2.45) is 11.7 Å². The Morgan fingerprint density at radius 1 is 1.16 bits per heavy atom. The van der Waals surface area contributed by atoms with E-state index in [-0.39, 0.29) is 0 Å². The van der Waals surface area contributed by atoms with Gasteiger partial charge in [-0.05, 0) is 50.3 Å². The number of nitrogens with zero attached hydrogens (tertiary/aromatic N) is 1. The highest BCUT2D eigenvalue weighted by molar-refractivity contribution is 6.42. The summed E-state index contributed by atoms with van der Waals surface area (Å²) in [6, 6.07) is 3.67. The Balaban J connectivity index is 1.86. The molecule has 0 amide bonds. The van der Waals surface area contributed by atoms with Crippen molar-refractivity contribution in [3.8, 4) is 0 Å². The van der Waals surface area contributed by atoms with Gasteiger partial charge in [-0.25, -0.2) is 4.98 Å². The number of rotatable bonds is 2. The normalized spacial score (nSPS) is 23.9. The molecular weight excluding hydrogens is 281 g/mol. The monoisotopic (exact) mass is 297 g/mol. The molecule has 1 aliphatic carbocycles. The zero-order valence-electron chi connectivity index (χ0n) is 10.6. The zero-order chi connectivity index (χ0) is 13.4. The van der Waals surface area contributed by atoms with Crippen molar-refractivity contribution in [1.29, 1.82) is 0 Å². The van der Waals surface area contributed by atoms with Crippen LogP contribution >= 0.6 is 23.2 Å². The molecule has 0 atom stereocenters. The molecule has 1 fully saturated rings. The summed E-state index contributed by atoms with van der Waals surface area (Å²) in [5.74, 6) is 2.25. The fraction of sp³-hybridized carbons (Fsp3) is 0.500. The number of imidazole rings is 1. The lowest BCUT2D eigenvalue weighted by Crippen LogP contribution is -2.21. The predicted octanol–water partition coefficient (Wildman–Crippen LogP) is 4.10. The number of aromatic amines is 1. The van der Waals surface area contributed by atoms with Gasteiger partial charge in [0.05, 0.1) is 21.1 Å². The minimum absolute atomic E-state index is 0.507. The van der Waals surface area contributed by atoms with Gasteiger partial charge >= 0.3 is 0 Å². The number of H-pyrrole nitrogens is 1. The maximum atomic E-state index is 6.03. The molecule has 1 saturated carbocycles. The molecule has 19 heavy (non-hydrogen) atoms. The van der Waals surface area contributed by atoms with Crippen molar-refractivity contribution in [3.05, 3.63) is 28.0 Å². The minimum Gasteiger partial charge on any atom is -0.342 e. The second-order valence-electron chi connectivity index (χ2n) is 5.36. The molecule has 5 heteroatoms. The van der Waals surface area contributed by atoms with Crippen LogP contribution in [0.2, 0.25) is 10.0 Å². The van der Waals surface area contributed by atoms with Crippen LogP contribution in [0.25, 0.3) is 11.0 Å². The van der Waals surface area contributed by atoms with E-state index >= 15 is 0 Å². The van der Waals surface area contributed by atoms with Gasteiger partial charge in [-0.2, -0.15) is 0 Å². The Hall–Kier alpha value is -0.770. The van der Waals surface area contributed by atoms with Crippen LogP contribution < -0.4 is 5.73 Å². The first kappa shape index (κ1) is 13.2. The number of nitrogens with two attached hydrogens (primary N) is 1. The molecule has 1 aromatic heterocycles. The highest BCUT2D eigenvalue weighted by atomic mass is 35.5. The number of fused-ring (bicyclic) bond motifs is 1. The molecule has 0 saturated heterocycles. The number of hydrogen-bond donors (Lipinski definition) is 2. The lowest BCUT2D eigenvalue weighted by molar-refractivity contribution is 0.326. The van der Waals surface area contributed by atoms with Gasteiger partial charge in [0.25, 0.3) is 0 Å². The molecule has 0 bridgehead atoms. The first-order valence-electron chi connectivity index (χ1n) is 6.72. The van der Waals surface area contributed by atoms with Crippen molar-refractivity contribution >= 4 is 34.2 Å². The van der Waals surface area contributed by atoms with Crippen LogP contribution in [0.15, 0.2) is 12.1 Å². The number of halogens is 2. The summed E-state index contributed by atoms with van der Waals surface area (Å²) in [6.45, 7) is 0.804. The Morgan fingerprint density at radius 2 is 1.84 bits per heavy atom. The van der Waals surface area contributed by atoms with Gasteiger partial charge in [-0.1, -0.05) is 23.2 Å². The van der Waals surface area contributed by atoms with E-state index in [2.05, 4.69) is 9.97 Å². The maximum Gasteiger partial charge on any atom is 0.110 e. The lowest BCUT2D eigenvalue weighted by Gasteiger charge is -2.26. The third-order valence-electron chi connectivity index (χ3n) is 4.11. The SMILES string of the molecule is NCC1CCC(c2nc3cc(Cl)c(Cl)cc3[nH]2)CC1. The number of nitrogens with one attached hydrogen (secondary N) is 1. The van der Waals surface area contributed by atoms with E-state index in [0.717, 1.165) is 36.2 Å². The van der Waals surface area contributed by atoms with E-state index in [0.29, 0.717) is 21.9 Å². The van der Waals surface area contributed by atoms with Crippen LogP contribution in [-0.4, -0.2) is 16.5 Å². The first-order valence-corrected chi connectivity index (χ1v) is 7.47. The average Bonchev–Trinajstić information content (AvgIpc) is 2.82. The summed E-state index contributed by atoms with van der Waals surface area (Å²) < 4.78 is 0. The van der Waals surface area contributed by atoms with Gasteiger partial charge in [-0.15, -0.1) is 0 Å². The molecule has 1 aromatic carbocycles. The molecular formula is C14H17Cl2N3. The van der Waals surface area contributed by atoms with Gasteiger partial charge in [0, 0.05) is 5.92 Å². The quantitative estimate of drug-likeness (QED) is 0.877. The molecule has 102 valence electrons. The van der Waals surface area contributed by atoms with E-state index in [1.54, 1.807) is 0 Å². The molecule has 3 nitrogen and oxygen atoms in total. The van der Waals surface area contributed by atoms with E-state index in [1.807, 2.05) is 12.1 Å². The largest absolute Gasteiger partial charge is 0.342 e. The summed E-state index contributed by atoms with van der Waals surface area (Å²) in [6.07, 6.45) is 4.70. The molecule has 2 aromatic rings. The van der Waals surface area contributed by atoms with Crippen LogP contribution in [0, 0.1) is 5.92 Å². The van der Waals surface area contributed by atoms with Crippen LogP contribution in [0.5, 0.6) is 0 Å². The topological polar surface area (TPSA) is 54.7 Å². The van der Waals surface area contributed by atoms with Crippen LogP contribution in [0.1, 0.15) is 37.4 Å². The van der Waals surface area contributed by atoms with Gasteiger partial charge in [0.15, 0.2) is 0 Å². The lowest BCUT2D eigenvalue weighted by atomic mass is 9.82. The Labute approximate surface area is 122 Å². The van der Waals surface area contributed by atoms with E-state index in [1.165, 1.54) is 12.8 Å². The minimum atomic E-state index is 0.507. The summed E-state index contributed by atoms with van der Waals surface area (Å²) in [5, 5.41) is 1.12. The van der Waals surface area contributed by atoms with Crippen molar-refractivity contribution in [1.82, 2.24) is 9.97 Å². The molecule has 3 N–H and O–H groups in total. The Bertz CT molecular complexity index is 547. The van der Waals surface area contributed by atoms with Crippen molar-refractivity contribution in [2.75, 3.05) is 6.54 Å². The molecule has 3 rings (SSSR count). The Kier molecular flexibility index (Phi) is 3.70. The highest BCUT2D eigenvalue weighted by Gasteiger charge is 2.23. The summed E-state index contributed by atoms with van der Waals surface area (Å²) >= 11 is 12.0. The molecule has 1 heterocycles. The third kappa shape index (κ3) is 2.60. The standard InChI is InChI=1S/C14H17Cl2N3/c15-10-5-12-13(6-11(10)16)19-14(18-12)9-3-1-8(7-17)2-4-9/h5-6,8-9H,1-4,7,17H2,(H,18,19). The summed E-state index contributed by atoms with van der Waals surface area (Å²) in [4.78, 5) is 8.04. The van der Waals surface area contributed by atoms with Gasteiger partial charge < -0.3 is 10.7 Å². The molecule has 0 radical (unpaired) electrons. The fourth-order valence-electron chi connectivity index (χ4n) is 2.89. The predicted molar refractivity (Wildman–Crippen MR) is 79.9 cm³/mol. The second kappa shape index (κ2) is 5.31. The number of aromatic nitrogens is 2. The van der Waals surface area contributed by atoms with Crippen molar-refractivity contribution in [3.63, 3.8) is 0 Å². The molecule has 0 spiro atoms. The number of benzene rings is 1. The van der Waals surface area contributed by atoms with Crippen molar-refractivity contribution in [2.45, 2.75) is 31.6 Å². The highest BCUT2D eigenvalue weighted by Crippen LogP contribution is 2.35. The maximum absolute atomic E-state index is 6.03. The van der Waals surface area contributed by atoms with E-state index in [9.17, 15) is 0 Å². The summed E-state index contributed by atoms with van der Waals surface area (Å²) in [7, 11) is 0. The van der Waals surface area contributed by atoms with Crippen LogP contribution in [-0.2, 0) is 0 Å². The third-order valence-corrected chi connectivity index (χ3v) is 4.83. The second-order valence-corrected chi connectivity index (χ2v) is 6.17. The zero-order valence-corrected chi connectivity index (χ0v) is 12.1. The van der Waals surface area contributed by atoms with Gasteiger partial charge in [0.1, 0.15) is 5.82 Å². The summed E-state index contributed by atoms with van der Waals surface area (Å²) in [5.41, 5.74) is 7.59. The van der Waals surface area contributed by atoms with Crippen LogP contribution in [0.3, 0.4) is 0 Å². The van der Waals surface area contributed by atoms with Crippen molar-refractivity contribution < 1.29 is 0 Å². The number of hydrogen-bond acceptors (Lipinski definition) is 2. The Morgan fingerprint density at radius 3 is 2.53 bits per heavy atom. The fourth-order valence-corrected chi connectivity index (χ4v) is 3.21. The van der Waals surface area contributed by atoms with Gasteiger partial charge in [0.2, 0.25) is 0 Å². The van der Waals surface area contributed by atoms with E-state index in [4.69, 9.17) is 28.9 Å². The molecule has 0 unspecified atom stereocenters. The van der Waals surface area contributed by atoms with Gasteiger partial charge in [-0.3, -0.25) is 0 Å². The first-order chi connectivity index (χ1) is 9.17. The average molecular weight is 298 g/mol.